The Morgan fingerprint density at radius 2 is 1.91 bits per heavy atom. The van der Waals surface area contributed by atoms with Crippen LogP contribution < -0.4 is 19.1 Å². The summed E-state index contributed by atoms with van der Waals surface area (Å²) in [5.74, 6) is 1.72. The number of ether oxygens (including phenoxy) is 3. The highest BCUT2D eigenvalue weighted by Gasteiger charge is 2.34. The second-order valence-electron chi connectivity index (χ2n) is 6.84. The van der Waals surface area contributed by atoms with E-state index in [9.17, 15) is 14.9 Å². The Bertz CT molecular complexity index is 1310. The molecule has 33 heavy (non-hydrogen) atoms. The van der Waals surface area contributed by atoms with Crippen molar-refractivity contribution in [3.8, 4) is 23.1 Å². The van der Waals surface area contributed by atoms with Gasteiger partial charge in [0.15, 0.2) is 15.8 Å². The molecular formula is C22H13N3O6S2. The quantitative estimate of drug-likeness (QED) is 0.218. The maximum atomic E-state index is 13.0. The Labute approximate surface area is 196 Å². The van der Waals surface area contributed by atoms with E-state index in [-0.39, 0.29) is 24.3 Å². The van der Waals surface area contributed by atoms with E-state index in [0.717, 1.165) is 11.8 Å². The Morgan fingerprint density at radius 3 is 2.64 bits per heavy atom. The summed E-state index contributed by atoms with van der Waals surface area (Å²) in [5, 5.41) is 10.7. The van der Waals surface area contributed by atoms with E-state index in [0.29, 0.717) is 32.2 Å². The fraction of sp³-hybridized carbons (Fsp3) is 0.0455. The summed E-state index contributed by atoms with van der Waals surface area (Å²) in [5.41, 5.74) is 1.28. The molecule has 0 atom stereocenters. The van der Waals surface area contributed by atoms with Crippen LogP contribution in [-0.4, -0.2) is 26.9 Å². The monoisotopic (exact) mass is 479 g/mol. The third kappa shape index (κ3) is 4.23. The fourth-order valence-corrected chi connectivity index (χ4v) is 4.46. The van der Waals surface area contributed by atoms with Crippen molar-refractivity contribution in [2.24, 2.45) is 0 Å². The molecule has 2 aliphatic rings. The molecule has 0 spiro atoms. The molecule has 1 amide bonds. The third-order valence-electron chi connectivity index (χ3n) is 4.74. The van der Waals surface area contributed by atoms with E-state index in [2.05, 4.69) is 4.98 Å². The minimum Gasteiger partial charge on any atom is -0.454 e. The van der Waals surface area contributed by atoms with Crippen LogP contribution in [0.1, 0.15) is 5.56 Å². The number of nitro groups is 1. The topological polar surface area (TPSA) is 104 Å². The number of carbonyl (C=O) groups excluding carboxylic acids is 1. The molecule has 9 nitrogen and oxygen atoms in total. The Kier molecular flexibility index (Phi) is 5.40. The molecule has 164 valence electrons. The van der Waals surface area contributed by atoms with Gasteiger partial charge in [-0.25, -0.2) is 4.98 Å². The molecule has 2 aromatic carbocycles. The average molecular weight is 479 g/mol. The van der Waals surface area contributed by atoms with Crippen molar-refractivity contribution in [1.82, 2.24) is 4.98 Å². The highest BCUT2D eigenvalue weighted by molar-refractivity contribution is 8.27. The average Bonchev–Trinajstić information content (AvgIpc) is 3.38. The molecular weight excluding hydrogens is 466 g/mol. The van der Waals surface area contributed by atoms with E-state index in [4.69, 9.17) is 26.4 Å². The van der Waals surface area contributed by atoms with Crippen LogP contribution in [0.2, 0.25) is 0 Å². The highest BCUT2D eigenvalue weighted by atomic mass is 32.2. The lowest BCUT2D eigenvalue weighted by Gasteiger charge is -2.14. The second-order valence-corrected chi connectivity index (χ2v) is 8.51. The predicted octanol–water partition coefficient (Wildman–Crippen LogP) is 4.92. The molecule has 0 saturated carbocycles. The summed E-state index contributed by atoms with van der Waals surface area (Å²) in [4.78, 5) is 29.1. The zero-order valence-corrected chi connectivity index (χ0v) is 18.3. The molecule has 11 heteroatoms. The van der Waals surface area contributed by atoms with Crippen molar-refractivity contribution in [3.63, 3.8) is 0 Å². The van der Waals surface area contributed by atoms with Crippen LogP contribution in [0.5, 0.6) is 23.1 Å². The summed E-state index contributed by atoms with van der Waals surface area (Å²) in [6.45, 7) is 0.150. The van der Waals surface area contributed by atoms with Crippen LogP contribution in [0.25, 0.3) is 6.08 Å². The minimum absolute atomic E-state index is 0.115. The van der Waals surface area contributed by atoms with Gasteiger partial charge in [-0.3, -0.25) is 19.8 Å². The summed E-state index contributed by atoms with van der Waals surface area (Å²) >= 11 is 6.64. The molecule has 1 saturated heterocycles. The van der Waals surface area contributed by atoms with E-state index < -0.39 is 4.92 Å². The van der Waals surface area contributed by atoms with Crippen LogP contribution >= 0.6 is 24.0 Å². The lowest BCUT2D eigenvalue weighted by Crippen LogP contribution is -2.27. The number of nitrogens with zero attached hydrogens (tertiary/aromatic N) is 3. The van der Waals surface area contributed by atoms with Crippen molar-refractivity contribution >= 4 is 51.7 Å². The Morgan fingerprint density at radius 1 is 1.12 bits per heavy atom. The van der Waals surface area contributed by atoms with Gasteiger partial charge in [0.25, 0.3) is 11.6 Å². The third-order valence-corrected chi connectivity index (χ3v) is 6.04. The van der Waals surface area contributed by atoms with Crippen molar-refractivity contribution in [1.29, 1.82) is 0 Å². The van der Waals surface area contributed by atoms with Gasteiger partial charge in [0.1, 0.15) is 11.9 Å². The Balaban J connectivity index is 1.30. The van der Waals surface area contributed by atoms with Gasteiger partial charge in [0.05, 0.1) is 15.5 Å². The molecule has 0 radical (unpaired) electrons. The number of amides is 1. The molecule has 3 aromatic rings. The van der Waals surface area contributed by atoms with Crippen LogP contribution in [0.3, 0.4) is 0 Å². The number of pyridine rings is 1. The summed E-state index contributed by atoms with van der Waals surface area (Å²) < 4.78 is 16.7. The van der Waals surface area contributed by atoms with Crippen molar-refractivity contribution < 1.29 is 23.9 Å². The lowest BCUT2D eigenvalue weighted by atomic mass is 10.2. The largest absolute Gasteiger partial charge is 0.454 e. The first-order valence-corrected chi connectivity index (χ1v) is 10.8. The first-order valence-electron chi connectivity index (χ1n) is 9.54. The van der Waals surface area contributed by atoms with Gasteiger partial charge in [-0.1, -0.05) is 36.1 Å². The summed E-state index contributed by atoms with van der Waals surface area (Å²) in [7, 11) is 0. The van der Waals surface area contributed by atoms with E-state index in [1.165, 1.54) is 28.8 Å². The molecule has 2 aliphatic heterocycles. The highest BCUT2D eigenvalue weighted by Crippen LogP contribution is 2.40. The molecule has 0 unspecified atom stereocenters. The van der Waals surface area contributed by atoms with Crippen LogP contribution in [0, 0.1) is 10.1 Å². The van der Waals surface area contributed by atoms with Gasteiger partial charge in [-0.2, -0.15) is 0 Å². The van der Waals surface area contributed by atoms with Crippen LogP contribution in [-0.2, 0) is 4.79 Å². The van der Waals surface area contributed by atoms with Gasteiger partial charge in [-0.05, 0) is 35.9 Å². The van der Waals surface area contributed by atoms with E-state index >= 15 is 0 Å². The Hall–Kier alpha value is -3.96. The van der Waals surface area contributed by atoms with Crippen molar-refractivity contribution in [3.05, 3.63) is 81.4 Å². The van der Waals surface area contributed by atoms with Gasteiger partial charge in [0, 0.05) is 18.2 Å². The summed E-state index contributed by atoms with van der Waals surface area (Å²) in [6.07, 6.45) is 2.88. The molecule has 0 aliphatic carbocycles. The number of benzene rings is 2. The standard InChI is InChI=1S/C22H13N3O6S2/c26-21-19(33-22(32)24(21)14-3-7-17-18(10-14)30-12-29-17)9-13-1-5-16(6-2-13)31-20-8-4-15(11-23-20)25(27)28/h1-11H,12H2/b19-9-. The number of anilines is 1. The number of carbonyl (C=O) groups is 1. The molecule has 1 fully saturated rings. The second kappa shape index (κ2) is 8.52. The van der Waals surface area contributed by atoms with E-state index in [1.807, 2.05) is 0 Å². The lowest BCUT2D eigenvalue weighted by molar-refractivity contribution is -0.385. The van der Waals surface area contributed by atoms with Gasteiger partial charge in [0.2, 0.25) is 12.7 Å². The number of aromatic nitrogens is 1. The molecule has 5 rings (SSSR count). The molecule has 0 N–H and O–H groups in total. The zero-order chi connectivity index (χ0) is 22.9. The first-order chi connectivity index (χ1) is 16.0. The molecule has 3 heterocycles. The number of fused-ring (bicyclic) bond motifs is 1. The van der Waals surface area contributed by atoms with Crippen molar-refractivity contribution in [2.75, 3.05) is 11.7 Å². The number of rotatable bonds is 5. The van der Waals surface area contributed by atoms with Gasteiger partial charge >= 0.3 is 0 Å². The SMILES string of the molecule is O=C1/C(=C/c2ccc(Oc3ccc([N+](=O)[O-])cn3)cc2)SC(=S)N1c1ccc2c(c1)OCO2. The minimum atomic E-state index is -0.527. The molecule has 1 aromatic heterocycles. The normalized spacial score (nSPS) is 15.9. The van der Waals surface area contributed by atoms with Crippen LogP contribution in [0.15, 0.2) is 65.7 Å². The molecule has 0 bridgehead atoms. The zero-order valence-electron chi connectivity index (χ0n) is 16.7. The number of thiocarbonyl (C=S) groups is 1. The van der Waals surface area contributed by atoms with E-state index in [1.54, 1.807) is 48.5 Å². The summed E-state index contributed by atoms with van der Waals surface area (Å²) in [6, 6.07) is 15.0. The smallest absolute Gasteiger partial charge is 0.287 e. The predicted molar refractivity (Wildman–Crippen MR) is 126 cm³/mol. The fourth-order valence-electron chi connectivity index (χ4n) is 3.16. The maximum absolute atomic E-state index is 13.0. The van der Waals surface area contributed by atoms with Gasteiger partial charge < -0.3 is 14.2 Å². The van der Waals surface area contributed by atoms with Crippen LogP contribution in [0.4, 0.5) is 11.4 Å². The number of hydrogen-bond donors (Lipinski definition) is 0. The first kappa shape index (κ1) is 20.9. The maximum Gasteiger partial charge on any atom is 0.287 e. The van der Waals surface area contributed by atoms with Crippen molar-refractivity contribution in [2.45, 2.75) is 0 Å². The van der Waals surface area contributed by atoms with Gasteiger partial charge in [-0.15, -0.1) is 0 Å². The number of hydrogen-bond acceptors (Lipinski definition) is 9. The number of thioether (sulfide) groups is 1.